The Hall–Kier alpha value is -1.26. The zero-order chi connectivity index (χ0) is 15.3. The quantitative estimate of drug-likeness (QED) is 0.844. The lowest BCUT2D eigenvalue weighted by Crippen LogP contribution is -2.47. The molecule has 0 saturated carbocycles. The number of nitriles is 1. The molecule has 1 aliphatic heterocycles. The van der Waals surface area contributed by atoms with Gasteiger partial charge in [-0.1, -0.05) is 0 Å². The maximum atomic E-state index is 13.4. The molecule has 21 heavy (non-hydrogen) atoms. The van der Waals surface area contributed by atoms with Gasteiger partial charge in [0, 0.05) is 22.8 Å². The topological polar surface area (TPSA) is 52.9 Å². The lowest BCUT2D eigenvalue weighted by Gasteiger charge is -2.21. The number of nitrogens with one attached hydrogen (secondary N) is 1. The van der Waals surface area contributed by atoms with Gasteiger partial charge < -0.3 is 5.32 Å². The third-order valence-electron chi connectivity index (χ3n) is 3.09. The molecule has 2 rings (SSSR count). The largest absolute Gasteiger partial charge is 0.337 e. The summed E-state index contributed by atoms with van der Waals surface area (Å²) in [6.45, 7) is 0. The highest BCUT2D eigenvalue weighted by atomic mass is 32.2. The molecule has 0 spiro atoms. The molecule has 1 unspecified atom stereocenters. The van der Waals surface area contributed by atoms with Crippen molar-refractivity contribution in [3.8, 4) is 6.07 Å². The van der Waals surface area contributed by atoms with Crippen LogP contribution in [0.25, 0.3) is 0 Å². The highest BCUT2D eigenvalue weighted by Crippen LogP contribution is 2.28. The number of amides is 1. The lowest BCUT2D eigenvalue weighted by atomic mass is 10.0. The summed E-state index contributed by atoms with van der Waals surface area (Å²) in [5.41, 5.74) is -0.767. The van der Waals surface area contributed by atoms with Crippen LogP contribution < -0.4 is 5.32 Å². The van der Waals surface area contributed by atoms with Crippen LogP contribution >= 0.6 is 23.5 Å². The van der Waals surface area contributed by atoms with Crippen LogP contribution in [0, 0.1) is 23.0 Å². The second-order valence-corrected chi connectivity index (χ2v) is 6.96. The van der Waals surface area contributed by atoms with Crippen LogP contribution in [0.15, 0.2) is 23.1 Å². The number of carbonyl (C=O) groups is 1. The van der Waals surface area contributed by atoms with Crippen LogP contribution in [0.5, 0.6) is 0 Å². The minimum absolute atomic E-state index is 0.161. The number of rotatable bonds is 5. The third kappa shape index (κ3) is 4.35. The zero-order valence-electron chi connectivity index (χ0n) is 11.2. The Bertz CT molecular complexity index is 569. The van der Waals surface area contributed by atoms with Crippen LogP contribution in [0.2, 0.25) is 0 Å². The highest BCUT2D eigenvalue weighted by Gasteiger charge is 2.35. The summed E-state index contributed by atoms with van der Waals surface area (Å²) in [5, 5.41) is 11.9. The molecule has 1 aromatic carbocycles. The first-order chi connectivity index (χ1) is 10.0. The summed E-state index contributed by atoms with van der Waals surface area (Å²) in [4.78, 5) is 12.0. The smallest absolute Gasteiger partial charge is 0.222 e. The van der Waals surface area contributed by atoms with Crippen LogP contribution in [0.4, 0.5) is 8.78 Å². The molecule has 1 N–H and O–H groups in total. The van der Waals surface area contributed by atoms with Gasteiger partial charge >= 0.3 is 0 Å². The Kier molecular flexibility index (Phi) is 5.48. The fourth-order valence-electron chi connectivity index (χ4n) is 1.95. The average Bonchev–Trinajstić information content (AvgIpc) is 2.91. The number of benzene rings is 1. The molecule has 1 amide bonds. The monoisotopic (exact) mass is 328 g/mol. The summed E-state index contributed by atoms with van der Waals surface area (Å²) in [6.07, 6.45) is 0.806. The van der Waals surface area contributed by atoms with E-state index in [2.05, 4.69) is 11.4 Å². The Morgan fingerprint density at radius 3 is 3.00 bits per heavy atom. The molecule has 0 aromatic heterocycles. The first-order valence-electron chi connectivity index (χ1n) is 6.42. The van der Waals surface area contributed by atoms with Crippen molar-refractivity contribution >= 4 is 29.4 Å². The van der Waals surface area contributed by atoms with Crippen LogP contribution in [0.3, 0.4) is 0 Å². The molecule has 1 aliphatic rings. The predicted molar refractivity (Wildman–Crippen MR) is 80.1 cm³/mol. The average molecular weight is 328 g/mol. The molecule has 1 saturated heterocycles. The van der Waals surface area contributed by atoms with E-state index in [1.165, 1.54) is 0 Å². The maximum absolute atomic E-state index is 13.4. The standard InChI is InChI=1S/C14H14F2N2OS2/c15-10-1-2-11(16)12(7-10)21-5-3-13(19)18-14(8-17)4-6-20-9-14/h1-2,7H,3-6,9H2,(H,18,19). The van der Waals surface area contributed by atoms with E-state index in [9.17, 15) is 13.6 Å². The van der Waals surface area contributed by atoms with Crippen molar-refractivity contribution in [2.45, 2.75) is 23.3 Å². The van der Waals surface area contributed by atoms with Crippen LogP contribution in [0.1, 0.15) is 12.8 Å². The second-order valence-electron chi connectivity index (χ2n) is 4.72. The van der Waals surface area contributed by atoms with E-state index in [-0.39, 0.29) is 17.2 Å². The zero-order valence-corrected chi connectivity index (χ0v) is 12.8. The predicted octanol–water partition coefficient (Wildman–Crippen LogP) is 2.96. The lowest BCUT2D eigenvalue weighted by molar-refractivity contribution is -0.121. The third-order valence-corrected chi connectivity index (χ3v) is 5.32. The molecule has 1 atom stereocenters. The molecular formula is C14H14F2N2OS2. The summed E-state index contributed by atoms with van der Waals surface area (Å²) in [5.74, 6) is 0.555. The minimum Gasteiger partial charge on any atom is -0.337 e. The maximum Gasteiger partial charge on any atom is 0.222 e. The van der Waals surface area contributed by atoms with Crippen molar-refractivity contribution in [3.05, 3.63) is 29.8 Å². The van der Waals surface area contributed by atoms with Crippen molar-refractivity contribution < 1.29 is 13.6 Å². The Balaban J connectivity index is 1.82. The Labute approximate surface area is 130 Å². The molecular weight excluding hydrogens is 314 g/mol. The molecule has 0 bridgehead atoms. The molecule has 7 heteroatoms. The van der Waals surface area contributed by atoms with Crippen molar-refractivity contribution in [1.29, 1.82) is 5.26 Å². The van der Waals surface area contributed by atoms with Crippen molar-refractivity contribution in [2.75, 3.05) is 17.3 Å². The number of nitrogens with zero attached hydrogens (tertiary/aromatic N) is 1. The molecule has 3 nitrogen and oxygen atoms in total. The van der Waals surface area contributed by atoms with Gasteiger partial charge in [-0.15, -0.1) is 11.8 Å². The van der Waals surface area contributed by atoms with E-state index in [1.807, 2.05) is 0 Å². The van der Waals surface area contributed by atoms with Gasteiger partial charge in [-0.25, -0.2) is 8.78 Å². The molecule has 1 fully saturated rings. The van der Waals surface area contributed by atoms with Gasteiger partial charge in [0.2, 0.25) is 5.91 Å². The summed E-state index contributed by atoms with van der Waals surface area (Å²) >= 11 is 2.73. The number of halogens is 2. The number of thioether (sulfide) groups is 2. The summed E-state index contributed by atoms with van der Waals surface area (Å²) in [6, 6.07) is 5.40. The van der Waals surface area contributed by atoms with Crippen molar-refractivity contribution in [2.24, 2.45) is 0 Å². The molecule has 1 heterocycles. The van der Waals surface area contributed by atoms with E-state index >= 15 is 0 Å². The van der Waals surface area contributed by atoms with E-state index in [0.29, 0.717) is 17.9 Å². The first-order valence-corrected chi connectivity index (χ1v) is 8.56. The highest BCUT2D eigenvalue weighted by molar-refractivity contribution is 7.99. The summed E-state index contributed by atoms with van der Waals surface area (Å²) in [7, 11) is 0. The van der Waals surface area contributed by atoms with Gasteiger partial charge in [0.15, 0.2) is 0 Å². The van der Waals surface area contributed by atoms with Crippen molar-refractivity contribution in [3.63, 3.8) is 0 Å². The van der Waals surface area contributed by atoms with Gasteiger partial charge in [-0.05, 0) is 30.4 Å². The fourth-order valence-corrected chi connectivity index (χ4v) is 4.13. The molecule has 112 valence electrons. The van der Waals surface area contributed by atoms with E-state index in [0.717, 1.165) is 35.7 Å². The summed E-state index contributed by atoms with van der Waals surface area (Å²) < 4.78 is 26.4. The molecule has 0 radical (unpaired) electrons. The fraction of sp³-hybridized carbons (Fsp3) is 0.429. The van der Waals surface area contributed by atoms with Gasteiger partial charge in [-0.2, -0.15) is 17.0 Å². The van der Waals surface area contributed by atoms with Gasteiger partial charge in [-0.3, -0.25) is 4.79 Å². The number of carbonyl (C=O) groups excluding carboxylic acids is 1. The Morgan fingerprint density at radius 2 is 2.33 bits per heavy atom. The van der Waals surface area contributed by atoms with Crippen LogP contribution in [-0.2, 0) is 4.79 Å². The van der Waals surface area contributed by atoms with Gasteiger partial charge in [0.25, 0.3) is 0 Å². The first kappa shape index (κ1) is 16.1. The second kappa shape index (κ2) is 7.14. The number of hydrogen-bond acceptors (Lipinski definition) is 4. The minimum atomic E-state index is -0.767. The van der Waals surface area contributed by atoms with E-state index in [1.54, 1.807) is 11.8 Å². The normalized spacial score (nSPS) is 21.0. The van der Waals surface area contributed by atoms with E-state index in [4.69, 9.17) is 5.26 Å². The van der Waals surface area contributed by atoms with Crippen molar-refractivity contribution in [1.82, 2.24) is 5.32 Å². The Morgan fingerprint density at radius 1 is 1.52 bits per heavy atom. The van der Waals surface area contributed by atoms with Crippen LogP contribution in [-0.4, -0.2) is 28.7 Å². The molecule has 1 aromatic rings. The van der Waals surface area contributed by atoms with Gasteiger partial charge in [0.1, 0.15) is 17.2 Å². The number of hydrogen-bond donors (Lipinski definition) is 1. The SMILES string of the molecule is N#CC1(NC(=O)CCSc2cc(F)ccc2F)CCSC1. The molecule has 0 aliphatic carbocycles. The van der Waals surface area contributed by atoms with Gasteiger partial charge in [0.05, 0.1) is 6.07 Å². The van der Waals surface area contributed by atoms with E-state index < -0.39 is 17.2 Å².